The van der Waals surface area contributed by atoms with Crippen LogP contribution >= 0.6 is 0 Å². The van der Waals surface area contributed by atoms with E-state index in [0.29, 0.717) is 24.7 Å². The molecule has 0 saturated heterocycles. The Kier molecular flexibility index (Phi) is 31.9. The van der Waals surface area contributed by atoms with Crippen LogP contribution in [0.25, 0.3) is 0 Å². The Balaban J connectivity index is 4.02. The molecule has 0 heterocycles. The van der Waals surface area contributed by atoms with E-state index in [-0.39, 0.29) is 5.97 Å². The standard InChI is InChI=1S/C37H72O3/c1-4-7-10-13-15-17-20-24-29-35(30-25-21-18-16-14-11-8-5-2)34-40-37(39)33-28-23-22-27-32-36(38)31-26-19-12-9-6-3/h35H,4-34H2,1-3H3. The first-order valence-electron chi connectivity index (χ1n) is 18.3. The summed E-state index contributed by atoms with van der Waals surface area (Å²) in [7, 11) is 0. The lowest BCUT2D eigenvalue weighted by Crippen LogP contribution is -2.14. The third-order valence-corrected chi connectivity index (χ3v) is 8.56. The van der Waals surface area contributed by atoms with Crippen molar-refractivity contribution in [1.29, 1.82) is 0 Å². The Morgan fingerprint density at radius 2 is 0.750 bits per heavy atom. The maximum absolute atomic E-state index is 12.4. The molecular formula is C37H72O3. The SMILES string of the molecule is CCCCCCCCCCC(CCCCCCCCCC)COC(=O)CCCCCCC(=O)CCCCCCC. The van der Waals surface area contributed by atoms with Gasteiger partial charge in [-0.15, -0.1) is 0 Å². The minimum Gasteiger partial charge on any atom is -0.465 e. The summed E-state index contributed by atoms with van der Waals surface area (Å²) in [4.78, 5) is 24.4. The fraction of sp³-hybridized carbons (Fsp3) is 0.946. The van der Waals surface area contributed by atoms with Crippen LogP contribution in [0.4, 0.5) is 0 Å². The monoisotopic (exact) mass is 565 g/mol. The van der Waals surface area contributed by atoms with Crippen LogP contribution < -0.4 is 0 Å². The average Bonchev–Trinajstić information content (AvgIpc) is 2.95. The zero-order valence-corrected chi connectivity index (χ0v) is 27.7. The third kappa shape index (κ3) is 30.1. The largest absolute Gasteiger partial charge is 0.465 e. The molecule has 0 aromatic carbocycles. The van der Waals surface area contributed by atoms with Gasteiger partial charge in [0, 0.05) is 19.3 Å². The minimum atomic E-state index is -0.0139. The van der Waals surface area contributed by atoms with Gasteiger partial charge in [-0.3, -0.25) is 9.59 Å². The van der Waals surface area contributed by atoms with Crippen LogP contribution in [0.2, 0.25) is 0 Å². The Labute approximate surface area is 251 Å². The van der Waals surface area contributed by atoms with E-state index >= 15 is 0 Å². The maximum Gasteiger partial charge on any atom is 0.305 e. The summed E-state index contributed by atoms with van der Waals surface area (Å²) < 4.78 is 5.77. The molecule has 0 aliphatic rings. The molecule has 0 aliphatic heterocycles. The number of hydrogen-bond acceptors (Lipinski definition) is 3. The van der Waals surface area contributed by atoms with Gasteiger partial charge >= 0.3 is 5.97 Å². The lowest BCUT2D eigenvalue weighted by Gasteiger charge is -2.17. The molecule has 0 N–H and O–H groups in total. The molecule has 0 aromatic rings. The van der Waals surface area contributed by atoms with E-state index < -0.39 is 0 Å². The van der Waals surface area contributed by atoms with Crippen LogP contribution in [0.5, 0.6) is 0 Å². The highest BCUT2D eigenvalue weighted by Gasteiger charge is 2.12. The summed E-state index contributed by atoms with van der Waals surface area (Å²) >= 11 is 0. The van der Waals surface area contributed by atoms with E-state index in [1.54, 1.807) is 0 Å². The lowest BCUT2D eigenvalue weighted by atomic mass is 9.94. The summed E-state index contributed by atoms with van der Waals surface area (Å²) in [6.45, 7) is 7.40. The minimum absolute atomic E-state index is 0.0139. The number of Topliss-reactive ketones (excluding diaryl/α,β-unsaturated/α-hetero) is 1. The highest BCUT2D eigenvalue weighted by Crippen LogP contribution is 2.21. The van der Waals surface area contributed by atoms with Crippen molar-refractivity contribution in [3.8, 4) is 0 Å². The van der Waals surface area contributed by atoms with Gasteiger partial charge < -0.3 is 4.74 Å². The van der Waals surface area contributed by atoms with Gasteiger partial charge in [-0.05, 0) is 38.0 Å². The zero-order chi connectivity index (χ0) is 29.4. The molecule has 3 heteroatoms. The van der Waals surface area contributed by atoms with E-state index in [2.05, 4.69) is 20.8 Å². The molecule has 3 nitrogen and oxygen atoms in total. The van der Waals surface area contributed by atoms with Crippen LogP contribution in [0.15, 0.2) is 0 Å². The van der Waals surface area contributed by atoms with Crippen LogP contribution in [-0.2, 0) is 14.3 Å². The number of unbranched alkanes of at least 4 members (excludes halogenated alkanes) is 21. The smallest absolute Gasteiger partial charge is 0.305 e. The van der Waals surface area contributed by atoms with Crippen molar-refractivity contribution in [3.05, 3.63) is 0 Å². The van der Waals surface area contributed by atoms with E-state index in [9.17, 15) is 9.59 Å². The third-order valence-electron chi connectivity index (χ3n) is 8.56. The van der Waals surface area contributed by atoms with Crippen LogP contribution in [-0.4, -0.2) is 18.4 Å². The Hall–Kier alpha value is -0.860. The number of carbonyl (C=O) groups excluding carboxylic acids is 2. The lowest BCUT2D eigenvalue weighted by molar-refractivity contribution is -0.145. The Morgan fingerprint density at radius 3 is 1.15 bits per heavy atom. The van der Waals surface area contributed by atoms with Crippen molar-refractivity contribution >= 4 is 11.8 Å². The molecule has 0 aliphatic carbocycles. The molecule has 0 radical (unpaired) electrons. The van der Waals surface area contributed by atoms with Crippen molar-refractivity contribution in [2.75, 3.05) is 6.61 Å². The molecule has 0 unspecified atom stereocenters. The van der Waals surface area contributed by atoms with E-state index in [4.69, 9.17) is 4.74 Å². The molecule has 0 atom stereocenters. The predicted octanol–water partition coefficient (Wildman–Crippen LogP) is 12.5. The molecular weight excluding hydrogens is 492 g/mol. The zero-order valence-electron chi connectivity index (χ0n) is 27.7. The molecule has 0 bridgehead atoms. The van der Waals surface area contributed by atoms with Crippen molar-refractivity contribution < 1.29 is 14.3 Å². The van der Waals surface area contributed by atoms with Gasteiger partial charge in [-0.25, -0.2) is 0 Å². The number of carbonyl (C=O) groups is 2. The van der Waals surface area contributed by atoms with Gasteiger partial charge in [-0.1, -0.05) is 162 Å². The quantitative estimate of drug-likeness (QED) is 0.0588. The van der Waals surface area contributed by atoms with Gasteiger partial charge in [-0.2, -0.15) is 0 Å². The van der Waals surface area contributed by atoms with Crippen molar-refractivity contribution in [1.82, 2.24) is 0 Å². The van der Waals surface area contributed by atoms with Gasteiger partial charge in [0.1, 0.15) is 5.78 Å². The van der Waals surface area contributed by atoms with E-state index in [0.717, 1.165) is 44.9 Å². The van der Waals surface area contributed by atoms with Crippen molar-refractivity contribution in [2.24, 2.45) is 5.92 Å². The molecule has 0 saturated carbocycles. The molecule has 40 heavy (non-hydrogen) atoms. The molecule has 0 aromatic heterocycles. The predicted molar refractivity (Wildman–Crippen MR) is 175 cm³/mol. The first kappa shape index (κ1) is 39.1. The average molecular weight is 565 g/mol. The number of rotatable bonds is 33. The highest BCUT2D eigenvalue weighted by molar-refractivity contribution is 5.78. The molecule has 0 spiro atoms. The maximum atomic E-state index is 12.4. The van der Waals surface area contributed by atoms with E-state index in [1.807, 2.05) is 0 Å². The summed E-state index contributed by atoms with van der Waals surface area (Å²) in [5, 5.41) is 0. The fourth-order valence-electron chi connectivity index (χ4n) is 5.72. The first-order valence-corrected chi connectivity index (χ1v) is 18.3. The normalized spacial score (nSPS) is 11.4. The van der Waals surface area contributed by atoms with Crippen LogP contribution in [0, 0.1) is 5.92 Å². The fourth-order valence-corrected chi connectivity index (χ4v) is 5.72. The van der Waals surface area contributed by atoms with Crippen molar-refractivity contribution in [2.45, 2.75) is 213 Å². The Morgan fingerprint density at radius 1 is 0.425 bits per heavy atom. The number of hydrogen-bond donors (Lipinski definition) is 0. The first-order chi connectivity index (χ1) is 19.6. The van der Waals surface area contributed by atoms with Crippen LogP contribution in [0.3, 0.4) is 0 Å². The Bertz CT molecular complexity index is 510. The summed E-state index contributed by atoms with van der Waals surface area (Å²) in [6.07, 6.45) is 36.1. The van der Waals surface area contributed by atoms with E-state index in [1.165, 1.54) is 141 Å². The highest BCUT2D eigenvalue weighted by atomic mass is 16.5. The van der Waals surface area contributed by atoms with Crippen LogP contribution in [0.1, 0.15) is 213 Å². The number of esters is 1. The summed E-state index contributed by atoms with van der Waals surface area (Å²) in [6, 6.07) is 0. The second-order valence-electron chi connectivity index (χ2n) is 12.7. The topological polar surface area (TPSA) is 43.4 Å². The van der Waals surface area contributed by atoms with Gasteiger partial charge in [0.05, 0.1) is 6.61 Å². The van der Waals surface area contributed by atoms with Gasteiger partial charge in [0.2, 0.25) is 0 Å². The second-order valence-corrected chi connectivity index (χ2v) is 12.7. The number of ketones is 1. The molecule has 0 rings (SSSR count). The summed E-state index contributed by atoms with van der Waals surface area (Å²) in [5.41, 5.74) is 0. The van der Waals surface area contributed by atoms with Gasteiger partial charge in [0.25, 0.3) is 0 Å². The molecule has 238 valence electrons. The van der Waals surface area contributed by atoms with Gasteiger partial charge in [0.15, 0.2) is 0 Å². The molecule has 0 amide bonds. The number of ether oxygens (including phenoxy) is 1. The van der Waals surface area contributed by atoms with Crippen molar-refractivity contribution in [3.63, 3.8) is 0 Å². The molecule has 0 fully saturated rings. The second kappa shape index (κ2) is 32.7. The summed E-state index contributed by atoms with van der Waals surface area (Å²) in [5.74, 6) is 0.951.